The Morgan fingerprint density at radius 3 is 2.94 bits per heavy atom. The second kappa shape index (κ2) is 6.31. The lowest BCUT2D eigenvalue weighted by Gasteiger charge is -2.17. The molecule has 2 rings (SSSR count). The molecule has 0 saturated carbocycles. The van der Waals surface area contributed by atoms with E-state index in [1.165, 1.54) is 0 Å². The normalized spacial score (nSPS) is 12.6. The molecule has 2 heterocycles. The zero-order chi connectivity index (χ0) is 12.8. The summed E-state index contributed by atoms with van der Waals surface area (Å²) in [5, 5.41) is 3.50. The molecule has 4 nitrogen and oxygen atoms in total. The molecule has 0 fully saturated rings. The number of nitrogens with one attached hydrogen (secondary N) is 1. The molecule has 0 bridgehead atoms. The minimum absolute atomic E-state index is 0.179. The van der Waals surface area contributed by atoms with Crippen molar-refractivity contribution in [2.75, 3.05) is 6.54 Å². The van der Waals surface area contributed by atoms with Crippen LogP contribution >= 0.6 is 0 Å². The van der Waals surface area contributed by atoms with E-state index in [9.17, 15) is 0 Å². The fraction of sp³-hybridized carbons (Fsp3) is 0.429. The van der Waals surface area contributed by atoms with E-state index in [0.717, 1.165) is 36.7 Å². The minimum atomic E-state index is 0.179. The Kier molecular flexibility index (Phi) is 4.47. The van der Waals surface area contributed by atoms with Crippen molar-refractivity contribution in [3.05, 3.63) is 47.9 Å². The van der Waals surface area contributed by atoms with Crippen LogP contribution in [0.4, 0.5) is 0 Å². The Morgan fingerprint density at radius 1 is 1.39 bits per heavy atom. The van der Waals surface area contributed by atoms with E-state index in [4.69, 9.17) is 4.42 Å². The van der Waals surface area contributed by atoms with Gasteiger partial charge >= 0.3 is 0 Å². The number of hydrogen-bond donors (Lipinski definition) is 1. The van der Waals surface area contributed by atoms with Gasteiger partial charge in [0.2, 0.25) is 0 Å². The molecule has 1 unspecified atom stereocenters. The van der Waals surface area contributed by atoms with E-state index in [2.05, 4.69) is 22.2 Å². The first-order chi connectivity index (χ1) is 8.79. The van der Waals surface area contributed by atoms with Crippen LogP contribution in [-0.4, -0.2) is 16.5 Å². The largest absolute Gasteiger partial charge is 0.469 e. The molecule has 4 heteroatoms. The molecule has 0 aliphatic carbocycles. The molecule has 2 aromatic rings. The molecule has 18 heavy (non-hydrogen) atoms. The third-order valence-corrected chi connectivity index (χ3v) is 2.78. The van der Waals surface area contributed by atoms with Crippen LogP contribution in [0.5, 0.6) is 0 Å². The summed E-state index contributed by atoms with van der Waals surface area (Å²) in [5.41, 5.74) is 1.02. The molecule has 2 aromatic heterocycles. The molecular formula is C14H19N3O. The van der Waals surface area contributed by atoms with Gasteiger partial charge in [0.05, 0.1) is 18.0 Å². The van der Waals surface area contributed by atoms with Gasteiger partial charge in [-0.3, -0.25) is 0 Å². The van der Waals surface area contributed by atoms with Crippen molar-refractivity contribution < 1.29 is 4.42 Å². The van der Waals surface area contributed by atoms with Crippen LogP contribution in [0.1, 0.15) is 36.7 Å². The molecule has 0 aromatic carbocycles. The maximum absolute atomic E-state index is 5.41. The lowest BCUT2D eigenvalue weighted by molar-refractivity contribution is 0.443. The maximum atomic E-state index is 5.41. The molecule has 1 N–H and O–H groups in total. The third kappa shape index (κ3) is 3.40. The average molecular weight is 245 g/mol. The Morgan fingerprint density at radius 2 is 2.28 bits per heavy atom. The van der Waals surface area contributed by atoms with Gasteiger partial charge in [-0.1, -0.05) is 6.92 Å². The van der Waals surface area contributed by atoms with Gasteiger partial charge in [-0.05, 0) is 38.1 Å². The smallest absolute Gasteiger partial charge is 0.125 e. The van der Waals surface area contributed by atoms with E-state index in [1.807, 2.05) is 25.1 Å². The summed E-state index contributed by atoms with van der Waals surface area (Å²) in [4.78, 5) is 8.63. The highest BCUT2D eigenvalue weighted by Crippen LogP contribution is 2.16. The van der Waals surface area contributed by atoms with E-state index < -0.39 is 0 Å². The zero-order valence-electron chi connectivity index (χ0n) is 10.9. The lowest BCUT2D eigenvalue weighted by atomic mass is 10.1. The van der Waals surface area contributed by atoms with Gasteiger partial charge in [0.25, 0.3) is 0 Å². The van der Waals surface area contributed by atoms with Gasteiger partial charge in [-0.25, -0.2) is 9.97 Å². The van der Waals surface area contributed by atoms with Crippen LogP contribution in [-0.2, 0) is 6.42 Å². The fourth-order valence-corrected chi connectivity index (χ4v) is 1.90. The van der Waals surface area contributed by atoms with Crippen molar-refractivity contribution in [3.63, 3.8) is 0 Å². The predicted octanol–water partition coefficient (Wildman–Crippen LogP) is 2.66. The first-order valence-electron chi connectivity index (χ1n) is 6.35. The molecule has 0 radical (unpaired) electrons. The van der Waals surface area contributed by atoms with Gasteiger partial charge in [0.1, 0.15) is 11.6 Å². The quantitative estimate of drug-likeness (QED) is 0.850. The molecule has 0 spiro atoms. The Bertz CT molecular complexity index is 468. The third-order valence-electron chi connectivity index (χ3n) is 2.78. The van der Waals surface area contributed by atoms with Crippen LogP contribution in [0.2, 0.25) is 0 Å². The van der Waals surface area contributed by atoms with Crippen molar-refractivity contribution in [1.82, 2.24) is 15.3 Å². The van der Waals surface area contributed by atoms with Crippen molar-refractivity contribution in [1.29, 1.82) is 0 Å². The number of nitrogens with zero attached hydrogens (tertiary/aromatic N) is 2. The van der Waals surface area contributed by atoms with E-state index in [0.29, 0.717) is 0 Å². The highest BCUT2D eigenvalue weighted by Gasteiger charge is 2.14. The van der Waals surface area contributed by atoms with Crippen LogP contribution in [0.3, 0.4) is 0 Å². The molecule has 0 saturated heterocycles. The van der Waals surface area contributed by atoms with Gasteiger partial charge in [0, 0.05) is 12.6 Å². The molecule has 0 aliphatic heterocycles. The minimum Gasteiger partial charge on any atom is -0.469 e. The zero-order valence-corrected chi connectivity index (χ0v) is 10.9. The molecular weight excluding hydrogens is 226 g/mol. The maximum Gasteiger partial charge on any atom is 0.125 e. The van der Waals surface area contributed by atoms with Crippen LogP contribution < -0.4 is 5.32 Å². The predicted molar refractivity (Wildman–Crippen MR) is 70.2 cm³/mol. The van der Waals surface area contributed by atoms with Gasteiger partial charge in [-0.2, -0.15) is 0 Å². The van der Waals surface area contributed by atoms with Gasteiger partial charge in [0.15, 0.2) is 0 Å². The number of rotatable bonds is 6. The van der Waals surface area contributed by atoms with Crippen molar-refractivity contribution >= 4 is 0 Å². The van der Waals surface area contributed by atoms with Crippen LogP contribution in [0.15, 0.2) is 35.1 Å². The summed E-state index contributed by atoms with van der Waals surface area (Å²) < 4.78 is 5.41. The summed E-state index contributed by atoms with van der Waals surface area (Å²) in [6, 6.07) is 6.05. The van der Waals surface area contributed by atoms with Crippen LogP contribution in [0, 0.1) is 6.92 Å². The Hall–Kier alpha value is -1.68. The number of hydrogen-bond acceptors (Lipinski definition) is 4. The average Bonchev–Trinajstić information content (AvgIpc) is 2.87. The summed E-state index contributed by atoms with van der Waals surface area (Å²) in [6.45, 7) is 5.03. The van der Waals surface area contributed by atoms with Gasteiger partial charge < -0.3 is 9.73 Å². The Balaban J connectivity index is 2.13. The van der Waals surface area contributed by atoms with Crippen molar-refractivity contribution in [2.24, 2.45) is 0 Å². The topological polar surface area (TPSA) is 51.0 Å². The molecule has 96 valence electrons. The summed E-state index contributed by atoms with van der Waals surface area (Å²) in [6.07, 6.45) is 5.42. The first-order valence-corrected chi connectivity index (χ1v) is 6.35. The highest BCUT2D eigenvalue weighted by atomic mass is 16.3. The number of furan rings is 1. The fourth-order valence-electron chi connectivity index (χ4n) is 1.90. The second-order valence-electron chi connectivity index (χ2n) is 4.32. The highest BCUT2D eigenvalue weighted by molar-refractivity contribution is 5.11. The summed E-state index contributed by atoms with van der Waals surface area (Å²) in [7, 11) is 0. The number of aromatic nitrogens is 2. The lowest BCUT2D eigenvalue weighted by Crippen LogP contribution is -2.25. The molecule has 1 atom stereocenters. The van der Waals surface area contributed by atoms with E-state index in [-0.39, 0.29) is 6.04 Å². The standard InChI is InChI=1S/C14H19N3O/c1-3-7-16-14(10-12-5-4-9-18-12)13-6-8-15-11(2)17-13/h4-6,8-9,14,16H,3,7,10H2,1-2H3. The van der Waals surface area contributed by atoms with Crippen LogP contribution in [0.25, 0.3) is 0 Å². The van der Waals surface area contributed by atoms with E-state index in [1.54, 1.807) is 12.5 Å². The SMILES string of the molecule is CCCNC(Cc1ccco1)c1ccnc(C)n1. The van der Waals surface area contributed by atoms with Crippen molar-refractivity contribution in [3.8, 4) is 0 Å². The first kappa shape index (κ1) is 12.8. The Labute approximate surface area is 107 Å². The summed E-state index contributed by atoms with van der Waals surface area (Å²) in [5.74, 6) is 1.77. The molecule has 0 amide bonds. The van der Waals surface area contributed by atoms with Gasteiger partial charge in [-0.15, -0.1) is 0 Å². The van der Waals surface area contributed by atoms with E-state index >= 15 is 0 Å². The van der Waals surface area contributed by atoms with Crippen molar-refractivity contribution in [2.45, 2.75) is 32.7 Å². The summed E-state index contributed by atoms with van der Waals surface area (Å²) >= 11 is 0. The number of aryl methyl sites for hydroxylation is 1. The second-order valence-corrected chi connectivity index (χ2v) is 4.32. The molecule has 0 aliphatic rings. The monoisotopic (exact) mass is 245 g/mol.